The van der Waals surface area contributed by atoms with Crippen molar-refractivity contribution in [1.82, 2.24) is 5.32 Å². The molecule has 0 aromatic heterocycles. The van der Waals surface area contributed by atoms with Gasteiger partial charge in [-0.1, -0.05) is 443 Å². The lowest BCUT2D eigenvalue weighted by atomic mass is 10.0. The van der Waals surface area contributed by atoms with Gasteiger partial charge in [-0.05, 0) is 51.4 Å². The van der Waals surface area contributed by atoms with Crippen LogP contribution in [0.4, 0.5) is 0 Å². The minimum Gasteiger partial charge on any atom is -0.466 e. The quantitative estimate of drug-likeness (QED) is 0.0320. The second kappa shape index (κ2) is 80.8. The zero-order chi connectivity index (χ0) is 65.6. The fraction of sp³-hybridized carbons (Fsp3) is 0.929. The number of aliphatic hydroxyl groups excluding tert-OH is 2. The normalized spacial score (nSPS) is 12.5. The van der Waals surface area contributed by atoms with Gasteiger partial charge in [0, 0.05) is 12.8 Å². The highest BCUT2D eigenvalue weighted by Gasteiger charge is 2.18. The Morgan fingerprint density at radius 1 is 0.297 bits per heavy atom. The molecule has 6 heteroatoms. The van der Waals surface area contributed by atoms with Gasteiger partial charge in [0.25, 0.3) is 0 Å². The third-order valence-electron chi connectivity index (χ3n) is 20.0. The number of carbonyl (C=O) groups excluding carboxylic acids is 2. The van der Waals surface area contributed by atoms with E-state index < -0.39 is 12.1 Å². The number of carbonyl (C=O) groups is 2. The van der Waals surface area contributed by atoms with Crippen LogP contribution in [0.1, 0.15) is 483 Å². The number of amides is 1. The predicted octanol–water partition coefficient (Wildman–Crippen LogP) is 28.0. The molecular weight excluding hydrogens is 1110 g/mol. The van der Waals surface area contributed by atoms with Crippen molar-refractivity contribution >= 4 is 11.9 Å². The van der Waals surface area contributed by atoms with Crippen molar-refractivity contribution in [2.75, 3.05) is 13.2 Å². The fourth-order valence-electron chi connectivity index (χ4n) is 13.6. The maximum Gasteiger partial charge on any atom is 0.305 e. The van der Waals surface area contributed by atoms with Crippen LogP contribution in [-0.2, 0) is 14.3 Å². The zero-order valence-corrected chi connectivity index (χ0v) is 62.1. The first-order chi connectivity index (χ1) is 45.0. The molecule has 6 nitrogen and oxygen atoms in total. The first-order valence-corrected chi connectivity index (χ1v) is 42.1. The van der Waals surface area contributed by atoms with Crippen molar-refractivity contribution in [2.24, 2.45) is 0 Å². The number of nitrogens with one attached hydrogen (secondary N) is 1. The molecule has 0 aliphatic carbocycles. The maximum atomic E-state index is 12.6. The van der Waals surface area contributed by atoms with Gasteiger partial charge < -0.3 is 20.3 Å². The van der Waals surface area contributed by atoms with E-state index in [1.54, 1.807) is 6.08 Å². The van der Waals surface area contributed by atoms with Gasteiger partial charge in [0.15, 0.2) is 0 Å². The Morgan fingerprint density at radius 3 is 0.813 bits per heavy atom. The van der Waals surface area contributed by atoms with Crippen molar-refractivity contribution < 1.29 is 24.5 Å². The highest BCUT2D eigenvalue weighted by atomic mass is 16.5. The van der Waals surface area contributed by atoms with Crippen LogP contribution in [0.25, 0.3) is 0 Å². The molecule has 0 aromatic carbocycles. The number of rotatable bonds is 80. The second-order valence-electron chi connectivity index (χ2n) is 29.2. The van der Waals surface area contributed by atoms with Crippen LogP contribution in [0, 0.1) is 0 Å². The number of allylic oxidation sites excluding steroid dienone is 3. The van der Waals surface area contributed by atoms with Crippen LogP contribution in [-0.4, -0.2) is 47.4 Å². The van der Waals surface area contributed by atoms with E-state index in [2.05, 4.69) is 31.3 Å². The third-order valence-corrected chi connectivity index (χ3v) is 20.0. The Kier molecular flexibility index (Phi) is 79.3. The molecule has 0 aliphatic rings. The maximum absolute atomic E-state index is 12.6. The van der Waals surface area contributed by atoms with Crippen LogP contribution >= 0.6 is 0 Å². The van der Waals surface area contributed by atoms with Crippen LogP contribution < -0.4 is 5.32 Å². The first kappa shape index (κ1) is 89.3. The lowest BCUT2D eigenvalue weighted by Crippen LogP contribution is -2.45. The molecule has 0 aliphatic heterocycles. The van der Waals surface area contributed by atoms with Gasteiger partial charge in [-0.2, -0.15) is 0 Å². The average molecular weight is 1280 g/mol. The Bertz CT molecular complexity index is 1430. The molecule has 91 heavy (non-hydrogen) atoms. The molecule has 2 atom stereocenters. The predicted molar refractivity (Wildman–Crippen MR) is 403 cm³/mol. The van der Waals surface area contributed by atoms with E-state index in [4.69, 9.17) is 4.74 Å². The van der Waals surface area contributed by atoms with E-state index in [1.807, 2.05) is 6.08 Å². The van der Waals surface area contributed by atoms with E-state index in [9.17, 15) is 19.8 Å². The van der Waals surface area contributed by atoms with E-state index in [-0.39, 0.29) is 18.5 Å². The monoisotopic (exact) mass is 1280 g/mol. The first-order valence-electron chi connectivity index (χ1n) is 42.1. The third kappa shape index (κ3) is 77.2. The zero-order valence-electron chi connectivity index (χ0n) is 62.1. The van der Waals surface area contributed by atoms with Gasteiger partial charge in [-0.3, -0.25) is 9.59 Å². The van der Waals surface area contributed by atoms with Gasteiger partial charge in [-0.25, -0.2) is 0 Å². The van der Waals surface area contributed by atoms with Crippen molar-refractivity contribution in [2.45, 2.75) is 495 Å². The molecule has 0 radical (unpaired) electrons. The molecule has 1 amide bonds. The van der Waals surface area contributed by atoms with Crippen LogP contribution in [0.5, 0.6) is 0 Å². The summed E-state index contributed by atoms with van der Waals surface area (Å²) in [6.45, 7) is 4.92. The summed E-state index contributed by atoms with van der Waals surface area (Å²) in [7, 11) is 0. The summed E-state index contributed by atoms with van der Waals surface area (Å²) in [5.41, 5.74) is 0. The topological polar surface area (TPSA) is 95.9 Å². The standard InChI is InChI=1S/C85H165NO5/c1-3-5-7-9-11-13-15-16-17-18-19-20-21-39-42-45-48-51-54-58-61-65-69-73-77-83(88)82(81-87)86-84(89)78-74-70-66-62-59-55-52-49-46-43-40-37-35-33-31-29-27-25-23-22-24-26-28-30-32-34-36-38-41-44-47-50-53-56-60-64-68-72-76-80-91-85(90)79-75-71-67-63-57-14-12-10-8-6-4-2/h10,12,73,77,82-83,87-88H,3-9,11,13-72,74-76,78-81H2,1-2H3,(H,86,89)/b12-10-,77-73+. The molecular formula is C85H165NO5. The summed E-state index contributed by atoms with van der Waals surface area (Å²) in [5.74, 6) is -0.0426. The van der Waals surface area contributed by atoms with Crippen LogP contribution in [0.2, 0.25) is 0 Å². The Morgan fingerprint density at radius 2 is 0.527 bits per heavy atom. The van der Waals surface area contributed by atoms with Crippen molar-refractivity contribution in [1.29, 1.82) is 0 Å². The van der Waals surface area contributed by atoms with Crippen LogP contribution in [0.15, 0.2) is 24.3 Å². The van der Waals surface area contributed by atoms with E-state index >= 15 is 0 Å². The molecule has 3 N–H and O–H groups in total. The molecule has 0 saturated carbocycles. The SMILES string of the molecule is CCCC/C=C\CCCCCCCC(=O)OCCCCCCCCCCCCCCCCCCCCCCCCCCCCCCCCCCCCCCCCCC(=O)NC(CO)C(O)/C=C/CCCCCCCCCCCCCCCCCCCCCCCC. The minimum atomic E-state index is -0.841. The Balaban J connectivity index is 3.32. The van der Waals surface area contributed by atoms with Crippen LogP contribution in [0.3, 0.4) is 0 Å². The largest absolute Gasteiger partial charge is 0.466 e. The van der Waals surface area contributed by atoms with E-state index in [1.165, 1.54) is 411 Å². The number of aliphatic hydroxyl groups is 2. The summed E-state index contributed by atoms with van der Waals surface area (Å²) in [6, 6.07) is -0.624. The summed E-state index contributed by atoms with van der Waals surface area (Å²) in [5, 5.41) is 23.3. The van der Waals surface area contributed by atoms with Crippen molar-refractivity contribution in [3.8, 4) is 0 Å². The Hall–Kier alpha value is -1.66. The van der Waals surface area contributed by atoms with Crippen molar-refractivity contribution in [3.63, 3.8) is 0 Å². The number of hydrogen-bond donors (Lipinski definition) is 3. The summed E-state index contributed by atoms with van der Waals surface area (Å²) in [6.07, 6.45) is 105. The van der Waals surface area contributed by atoms with Crippen molar-refractivity contribution in [3.05, 3.63) is 24.3 Å². The smallest absolute Gasteiger partial charge is 0.305 e. The molecule has 0 bridgehead atoms. The van der Waals surface area contributed by atoms with Gasteiger partial charge in [0.2, 0.25) is 5.91 Å². The number of unbranched alkanes of at least 4 members (excludes halogenated alkanes) is 67. The highest BCUT2D eigenvalue weighted by Crippen LogP contribution is 2.21. The van der Waals surface area contributed by atoms with Gasteiger partial charge in [-0.15, -0.1) is 0 Å². The number of ether oxygens (including phenoxy) is 1. The number of hydrogen-bond acceptors (Lipinski definition) is 5. The molecule has 0 fully saturated rings. The lowest BCUT2D eigenvalue weighted by molar-refractivity contribution is -0.143. The molecule has 0 saturated heterocycles. The van der Waals surface area contributed by atoms with E-state index in [0.717, 1.165) is 44.9 Å². The average Bonchev–Trinajstić information content (AvgIpc) is 3.68. The summed E-state index contributed by atoms with van der Waals surface area (Å²) in [4.78, 5) is 24.6. The minimum absolute atomic E-state index is 0.0136. The van der Waals surface area contributed by atoms with E-state index in [0.29, 0.717) is 19.4 Å². The van der Waals surface area contributed by atoms with Gasteiger partial charge in [0.1, 0.15) is 0 Å². The highest BCUT2D eigenvalue weighted by molar-refractivity contribution is 5.76. The summed E-state index contributed by atoms with van der Waals surface area (Å²) < 4.78 is 5.48. The summed E-state index contributed by atoms with van der Waals surface area (Å²) >= 11 is 0. The fourth-order valence-corrected chi connectivity index (χ4v) is 13.6. The molecule has 0 rings (SSSR count). The molecule has 0 spiro atoms. The molecule has 0 heterocycles. The van der Waals surface area contributed by atoms with Gasteiger partial charge >= 0.3 is 5.97 Å². The molecule has 2 unspecified atom stereocenters. The number of esters is 1. The Labute approximate surface area is 571 Å². The second-order valence-corrected chi connectivity index (χ2v) is 29.2. The molecule has 0 aromatic rings. The lowest BCUT2D eigenvalue weighted by Gasteiger charge is -2.20. The molecule has 540 valence electrons. The van der Waals surface area contributed by atoms with Gasteiger partial charge in [0.05, 0.1) is 25.4 Å².